The average Bonchev–Trinajstić information content (AvgIpc) is 1.85. The summed E-state index contributed by atoms with van der Waals surface area (Å²) in [6.07, 6.45) is 0. The van der Waals surface area contributed by atoms with Gasteiger partial charge in [0, 0.05) is 0 Å². The van der Waals surface area contributed by atoms with Gasteiger partial charge in [0.25, 0.3) is 10.1 Å². The highest BCUT2D eigenvalue weighted by atomic mass is 35.5. The minimum absolute atomic E-state index is 0.114. The van der Waals surface area contributed by atoms with Crippen LogP contribution in [-0.4, -0.2) is 31.4 Å². The van der Waals surface area contributed by atoms with E-state index in [-0.39, 0.29) is 5.75 Å². The summed E-state index contributed by atoms with van der Waals surface area (Å²) in [6.45, 7) is 1.05. The van der Waals surface area contributed by atoms with Gasteiger partial charge >= 0.3 is 0 Å². The maximum atomic E-state index is 10.5. The zero-order valence-electron chi connectivity index (χ0n) is 5.45. The Morgan fingerprint density at radius 2 is 2.20 bits per heavy atom. The fourth-order valence-electron chi connectivity index (χ4n) is 0.243. The molecule has 0 bridgehead atoms. The predicted octanol–water partition coefficient (Wildman–Crippen LogP) is -0.0901. The molecule has 0 heterocycles. The van der Waals surface area contributed by atoms with Gasteiger partial charge in [-0.1, -0.05) is 11.6 Å². The molecular formula is C4H9ClO4S. The fraction of sp³-hybridized carbons (Fsp3) is 1.00. The van der Waals surface area contributed by atoms with Crippen molar-refractivity contribution in [3.63, 3.8) is 0 Å². The van der Waals surface area contributed by atoms with E-state index in [4.69, 9.17) is 16.7 Å². The van der Waals surface area contributed by atoms with Gasteiger partial charge in [-0.25, -0.2) is 0 Å². The summed E-state index contributed by atoms with van der Waals surface area (Å²) in [7, 11) is -3.46. The molecule has 1 unspecified atom stereocenters. The fourth-order valence-corrected chi connectivity index (χ4v) is 0.884. The quantitative estimate of drug-likeness (QED) is 0.495. The van der Waals surface area contributed by atoms with Crippen molar-refractivity contribution in [1.29, 1.82) is 0 Å². The second kappa shape index (κ2) is 4.12. The van der Waals surface area contributed by atoms with Gasteiger partial charge in [0.15, 0.2) is 5.56 Å². The highest BCUT2D eigenvalue weighted by Gasteiger charge is 2.09. The lowest BCUT2D eigenvalue weighted by molar-refractivity contribution is 0.173. The largest absolute Gasteiger partial charge is 0.375 e. The Balaban J connectivity index is 3.70. The smallest absolute Gasteiger partial charge is 0.267 e. The second-order valence-corrected chi connectivity index (χ2v) is 4.00. The molecule has 62 valence electrons. The molecule has 0 aliphatic heterocycles. The number of alkyl halides is 1. The van der Waals surface area contributed by atoms with E-state index >= 15 is 0 Å². The van der Waals surface area contributed by atoms with Crippen LogP contribution in [-0.2, 0) is 14.3 Å². The number of hydrogen-bond acceptors (Lipinski definition) is 4. The Hall–Kier alpha value is 0.160. The van der Waals surface area contributed by atoms with Crippen molar-refractivity contribution in [3.8, 4) is 0 Å². The summed E-state index contributed by atoms with van der Waals surface area (Å²) >= 11 is 5.01. The first-order valence-electron chi connectivity index (χ1n) is 2.67. The molecule has 0 aromatic carbocycles. The monoisotopic (exact) mass is 188 g/mol. The van der Waals surface area contributed by atoms with Crippen LogP contribution in [0.3, 0.4) is 0 Å². The standard InChI is InChI=1S/C4H9ClO4S/c1-2-10(7,8)9-3-4(5)6/h4,6H,2-3H2,1H3. The summed E-state index contributed by atoms with van der Waals surface area (Å²) < 4.78 is 25.3. The van der Waals surface area contributed by atoms with Gasteiger partial charge in [0.1, 0.15) is 6.61 Å². The first-order chi connectivity index (χ1) is 4.48. The normalized spacial score (nSPS) is 15.1. The van der Waals surface area contributed by atoms with Crippen LogP contribution in [0.2, 0.25) is 0 Å². The predicted molar refractivity (Wildman–Crippen MR) is 37.3 cm³/mol. The minimum atomic E-state index is -3.46. The van der Waals surface area contributed by atoms with Crippen molar-refractivity contribution >= 4 is 21.7 Å². The zero-order valence-corrected chi connectivity index (χ0v) is 7.02. The topological polar surface area (TPSA) is 63.6 Å². The van der Waals surface area contributed by atoms with Gasteiger partial charge in [-0.2, -0.15) is 8.42 Å². The van der Waals surface area contributed by atoms with E-state index in [1.165, 1.54) is 6.92 Å². The van der Waals surface area contributed by atoms with Crippen LogP contribution in [0.1, 0.15) is 6.92 Å². The van der Waals surface area contributed by atoms with E-state index in [1.54, 1.807) is 0 Å². The minimum Gasteiger partial charge on any atom is -0.375 e. The van der Waals surface area contributed by atoms with Gasteiger partial charge in [-0.15, -0.1) is 0 Å². The molecule has 0 fully saturated rings. The third-order valence-electron chi connectivity index (χ3n) is 0.739. The van der Waals surface area contributed by atoms with E-state index < -0.39 is 22.3 Å². The van der Waals surface area contributed by atoms with Crippen LogP contribution < -0.4 is 0 Å². The van der Waals surface area contributed by atoms with Crippen molar-refractivity contribution in [3.05, 3.63) is 0 Å². The van der Waals surface area contributed by atoms with Crippen molar-refractivity contribution in [1.82, 2.24) is 0 Å². The molecule has 0 amide bonds. The highest BCUT2D eigenvalue weighted by Crippen LogP contribution is 1.96. The highest BCUT2D eigenvalue weighted by molar-refractivity contribution is 7.86. The first-order valence-corrected chi connectivity index (χ1v) is 4.68. The Kier molecular flexibility index (Phi) is 4.19. The molecule has 1 N–H and O–H groups in total. The van der Waals surface area contributed by atoms with Crippen LogP contribution in [0.15, 0.2) is 0 Å². The maximum Gasteiger partial charge on any atom is 0.267 e. The SMILES string of the molecule is CCS(=O)(=O)OCC(O)Cl. The molecule has 10 heavy (non-hydrogen) atoms. The second-order valence-electron chi connectivity index (χ2n) is 1.57. The molecule has 0 aromatic heterocycles. The number of aliphatic hydroxyl groups is 1. The van der Waals surface area contributed by atoms with Gasteiger partial charge in [-0.3, -0.25) is 4.18 Å². The number of halogens is 1. The van der Waals surface area contributed by atoms with Crippen LogP contribution in [0, 0.1) is 0 Å². The van der Waals surface area contributed by atoms with Gasteiger partial charge < -0.3 is 5.11 Å². The Morgan fingerprint density at radius 3 is 2.50 bits per heavy atom. The Morgan fingerprint density at radius 1 is 1.70 bits per heavy atom. The summed E-state index contributed by atoms with van der Waals surface area (Å²) in [6, 6.07) is 0. The Bertz CT molecular complexity index is 174. The van der Waals surface area contributed by atoms with E-state index in [1.807, 2.05) is 0 Å². The molecule has 0 saturated heterocycles. The lowest BCUT2D eigenvalue weighted by Gasteiger charge is -2.02. The van der Waals surface area contributed by atoms with Crippen molar-refractivity contribution < 1.29 is 17.7 Å². The lowest BCUT2D eigenvalue weighted by atomic mass is 10.8. The third kappa shape index (κ3) is 4.99. The molecule has 0 saturated carbocycles. The van der Waals surface area contributed by atoms with Crippen LogP contribution >= 0.6 is 11.6 Å². The molecule has 6 heteroatoms. The van der Waals surface area contributed by atoms with Crippen molar-refractivity contribution in [2.24, 2.45) is 0 Å². The van der Waals surface area contributed by atoms with Crippen LogP contribution in [0.25, 0.3) is 0 Å². The van der Waals surface area contributed by atoms with E-state index in [9.17, 15) is 8.42 Å². The maximum absolute atomic E-state index is 10.5. The zero-order chi connectivity index (χ0) is 8.20. The number of hydrogen-bond donors (Lipinski definition) is 1. The number of aliphatic hydroxyl groups excluding tert-OH is 1. The summed E-state index contributed by atoms with van der Waals surface area (Å²) in [5, 5.41) is 8.39. The van der Waals surface area contributed by atoms with Crippen LogP contribution in [0.5, 0.6) is 0 Å². The molecule has 0 aliphatic carbocycles. The summed E-state index contributed by atoms with van der Waals surface area (Å²) in [5.41, 5.74) is -1.26. The third-order valence-corrected chi connectivity index (χ3v) is 2.07. The lowest BCUT2D eigenvalue weighted by Crippen LogP contribution is -2.15. The molecule has 0 aliphatic rings. The Labute approximate surface area is 64.9 Å². The molecule has 4 nitrogen and oxygen atoms in total. The summed E-state index contributed by atoms with van der Waals surface area (Å²) in [4.78, 5) is 0. The van der Waals surface area contributed by atoms with Crippen LogP contribution in [0.4, 0.5) is 0 Å². The van der Waals surface area contributed by atoms with E-state index in [2.05, 4.69) is 4.18 Å². The molecule has 0 radical (unpaired) electrons. The van der Waals surface area contributed by atoms with Gasteiger partial charge in [0.2, 0.25) is 0 Å². The molecule has 0 spiro atoms. The number of rotatable bonds is 4. The van der Waals surface area contributed by atoms with Gasteiger partial charge in [0.05, 0.1) is 5.75 Å². The van der Waals surface area contributed by atoms with Gasteiger partial charge in [-0.05, 0) is 6.92 Å². The first kappa shape index (κ1) is 10.2. The van der Waals surface area contributed by atoms with Crippen molar-refractivity contribution in [2.45, 2.75) is 12.5 Å². The average molecular weight is 189 g/mol. The molecule has 0 aromatic rings. The van der Waals surface area contributed by atoms with E-state index in [0.29, 0.717) is 0 Å². The molecular weight excluding hydrogens is 180 g/mol. The van der Waals surface area contributed by atoms with E-state index in [0.717, 1.165) is 0 Å². The molecule has 1 atom stereocenters. The summed E-state index contributed by atoms with van der Waals surface area (Å²) in [5.74, 6) is -0.114. The van der Waals surface area contributed by atoms with Crippen molar-refractivity contribution in [2.75, 3.05) is 12.4 Å². The molecule has 0 rings (SSSR count).